The van der Waals surface area contributed by atoms with Crippen LogP contribution in [-0.2, 0) is 24.9 Å². The molecular weight excluding hydrogens is 627 g/mol. The number of aliphatic hydroxyl groups excluding tert-OH is 1. The Morgan fingerprint density at radius 3 is 2.33 bits per heavy atom. The number of carbonyl (C=O) groups excluding carboxylic acids is 2. The molecule has 5 heteroatoms. The van der Waals surface area contributed by atoms with Crippen molar-refractivity contribution in [1.29, 1.82) is 0 Å². The number of aliphatic hydroxyl groups is 1. The molecule has 4 nitrogen and oxygen atoms in total. The van der Waals surface area contributed by atoms with Crippen LogP contribution in [0.15, 0.2) is 54.4 Å². The van der Waals surface area contributed by atoms with E-state index in [2.05, 4.69) is 11.1 Å². The van der Waals surface area contributed by atoms with Crippen LogP contribution >= 0.6 is 0 Å². The number of hydrogen-bond donors (Lipinski definition) is 1. The molecule has 0 fully saturated rings. The molecule has 1 radical (unpaired) electrons. The molecule has 1 N–H and O–H groups in total. The quantitative estimate of drug-likeness (QED) is 0.125. The minimum absolute atomic E-state index is 0. The van der Waals surface area contributed by atoms with Crippen molar-refractivity contribution in [1.82, 2.24) is 4.98 Å². The van der Waals surface area contributed by atoms with E-state index in [9.17, 15) is 14.7 Å². The van der Waals surface area contributed by atoms with Crippen molar-refractivity contribution >= 4 is 22.3 Å². The molecule has 1 aliphatic rings. The summed E-state index contributed by atoms with van der Waals surface area (Å²) < 4.78 is 0. The van der Waals surface area contributed by atoms with Gasteiger partial charge in [0.15, 0.2) is 11.6 Å². The van der Waals surface area contributed by atoms with Gasteiger partial charge in [-0.3, -0.25) is 9.59 Å². The third-order valence-electron chi connectivity index (χ3n) is 7.45. The number of allylic oxidation sites excluding steroid dienone is 2. The SMILES string of the molecule is CCC(CC)/C(O)=C/C(=O)C(C)(CC)CC.Cc1[c-]c2c(cc1)C(=O)c1cccc3ccnc-2c13.[Ir]. The van der Waals surface area contributed by atoms with Gasteiger partial charge in [0.1, 0.15) is 0 Å². The van der Waals surface area contributed by atoms with Crippen LogP contribution in [0, 0.1) is 24.3 Å². The fraction of sp³-hybridized carbons (Fsp3) is 0.387. The maximum Gasteiger partial charge on any atom is 0.164 e. The Kier molecular flexibility index (Phi) is 10.3. The van der Waals surface area contributed by atoms with Crippen molar-refractivity contribution < 1.29 is 34.8 Å². The van der Waals surface area contributed by atoms with Crippen molar-refractivity contribution in [3.8, 4) is 11.3 Å². The smallest absolute Gasteiger partial charge is 0.164 e. The standard InChI is InChI=1S/C17H10NO.C14H26O2.Ir/c1-10-5-6-12-14(9-10)16-15-11(7-8-18-16)3-2-4-13(15)17(12)19;1-6-11(7-2)12(15)10-13(16)14(5,8-3)9-4;/h2-8H,1H3;10-11,15H,6-9H2,1-5H3;/q-1;;/b;12-10-;. The number of fused-ring (bicyclic) bond motifs is 2. The number of hydrogen-bond acceptors (Lipinski definition) is 4. The van der Waals surface area contributed by atoms with Gasteiger partial charge in [-0.25, -0.2) is 0 Å². The van der Waals surface area contributed by atoms with Gasteiger partial charge in [-0.15, -0.1) is 29.3 Å². The number of pyridine rings is 1. The van der Waals surface area contributed by atoms with Crippen LogP contribution in [0.1, 0.15) is 81.8 Å². The number of rotatable bonds is 7. The van der Waals surface area contributed by atoms with Gasteiger partial charge in [0.2, 0.25) is 0 Å². The summed E-state index contributed by atoms with van der Waals surface area (Å²) in [6, 6.07) is 14.8. The van der Waals surface area contributed by atoms with Gasteiger partial charge < -0.3 is 10.1 Å². The molecule has 193 valence electrons. The number of ketones is 2. The summed E-state index contributed by atoms with van der Waals surface area (Å²) in [6.07, 6.45) is 6.62. The average Bonchev–Trinajstić information content (AvgIpc) is 2.87. The van der Waals surface area contributed by atoms with Crippen molar-refractivity contribution in [2.45, 2.75) is 67.2 Å². The van der Waals surface area contributed by atoms with E-state index < -0.39 is 0 Å². The predicted octanol–water partition coefficient (Wildman–Crippen LogP) is 7.81. The van der Waals surface area contributed by atoms with Gasteiger partial charge in [-0.2, -0.15) is 0 Å². The van der Waals surface area contributed by atoms with Gasteiger partial charge in [-0.1, -0.05) is 65.3 Å². The molecule has 0 saturated heterocycles. The average molecular weight is 663 g/mol. The largest absolute Gasteiger partial charge is 0.512 e. The summed E-state index contributed by atoms with van der Waals surface area (Å²) in [5.74, 6) is 0.504. The molecule has 4 rings (SSSR count). The number of nitrogens with zero attached hydrogens (tertiary/aromatic N) is 1. The van der Waals surface area contributed by atoms with Crippen molar-refractivity contribution in [2.24, 2.45) is 11.3 Å². The summed E-state index contributed by atoms with van der Waals surface area (Å²) >= 11 is 0. The Balaban J connectivity index is 0.000000252. The molecule has 1 aromatic heterocycles. The second-order valence-corrected chi connectivity index (χ2v) is 9.54. The fourth-order valence-electron chi connectivity index (χ4n) is 4.46. The van der Waals surface area contributed by atoms with E-state index in [0.717, 1.165) is 58.8 Å². The molecule has 0 saturated carbocycles. The van der Waals surface area contributed by atoms with E-state index in [1.165, 1.54) is 6.08 Å². The summed E-state index contributed by atoms with van der Waals surface area (Å²) in [5, 5.41) is 11.9. The molecular formula is C31H36IrNO3-. The predicted molar refractivity (Wildman–Crippen MR) is 143 cm³/mol. The van der Waals surface area contributed by atoms with Gasteiger partial charge in [0.05, 0.1) is 5.76 Å². The molecule has 0 atom stereocenters. The first-order valence-electron chi connectivity index (χ1n) is 12.6. The fourth-order valence-corrected chi connectivity index (χ4v) is 4.46. The van der Waals surface area contributed by atoms with E-state index in [1.807, 2.05) is 77.9 Å². The minimum atomic E-state index is -0.319. The van der Waals surface area contributed by atoms with E-state index in [-0.39, 0.29) is 48.8 Å². The van der Waals surface area contributed by atoms with Crippen LogP contribution in [0.25, 0.3) is 22.0 Å². The molecule has 0 spiro atoms. The second kappa shape index (κ2) is 12.6. The first-order valence-corrected chi connectivity index (χ1v) is 12.6. The van der Waals surface area contributed by atoms with Gasteiger partial charge >= 0.3 is 0 Å². The maximum absolute atomic E-state index is 12.6. The van der Waals surface area contributed by atoms with Crippen LogP contribution in [-0.4, -0.2) is 21.7 Å². The Bertz CT molecular complexity index is 1260. The van der Waals surface area contributed by atoms with Crippen molar-refractivity contribution in [2.75, 3.05) is 0 Å². The normalized spacial score (nSPS) is 12.5. The first kappa shape index (κ1) is 29.6. The van der Waals surface area contributed by atoms with Crippen molar-refractivity contribution in [3.63, 3.8) is 0 Å². The Labute approximate surface area is 228 Å². The second-order valence-electron chi connectivity index (χ2n) is 9.54. The van der Waals surface area contributed by atoms with Crippen LogP contribution < -0.4 is 0 Å². The van der Waals surface area contributed by atoms with Crippen molar-refractivity contribution in [3.05, 3.63) is 77.2 Å². The van der Waals surface area contributed by atoms with Gasteiger partial charge in [0.25, 0.3) is 0 Å². The van der Waals surface area contributed by atoms with Gasteiger partial charge in [0, 0.05) is 49.3 Å². The topological polar surface area (TPSA) is 67.3 Å². The van der Waals surface area contributed by atoms with E-state index >= 15 is 0 Å². The number of carbonyl (C=O) groups is 2. The molecule has 3 aromatic rings. The molecule has 0 aliphatic heterocycles. The molecule has 0 amide bonds. The van der Waals surface area contributed by atoms with E-state index in [4.69, 9.17) is 0 Å². The maximum atomic E-state index is 12.6. The van der Waals surface area contributed by atoms with Crippen LogP contribution in [0.4, 0.5) is 0 Å². The molecule has 0 bridgehead atoms. The van der Waals surface area contributed by atoms with Crippen LogP contribution in [0.2, 0.25) is 0 Å². The molecule has 1 aliphatic carbocycles. The zero-order valence-corrected chi connectivity index (χ0v) is 24.5. The number of benzene rings is 2. The summed E-state index contributed by atoms with van der Waals surface area (Å²) in [7, 11) is 0. The summed E-state index contributed by atoms with van der Waals surface area (Å²) in [4.78, 5) is 29.1. The van der Waals surface area contributed by atoms with Gasteiger partial charge in [-0.05, 0) is 48.2 Å². The molecule has 1 heterocycles. The third-order valence-corrected chi connectivity index (χ3v) is 7.45. The monoisotopic (exact) mass is 663 g/mol. The zero-order valence-electron chi connectivity index (χ0n) is 22.1. The van der Waals surface area contributed by atoms with E-state index in [0.29, 0.717) is 5.56 Å². The Morgan fingerprint density at radius 2 is 1.72 bits per heavy atom. The molecule has 36 heavy (non-hydrogen) atoms. The number of aromatic nitrogens is 1. The molecule has 0 unspecified atom stereocenters. The first-order chi connectivity index (χ1) is 16.7. The van der Waals surface area contributed by atoms with Crippen LogP contribution in [0.3, 0.4) is 0 Å². The zero-order chi connectivity index (χ0) is 25.8. The van der Waals surface area contributed by atoms with E-state index in [1.54, 1.807) is 6.20 Å². The summed E-state index contributed by atoms with van der Waals surface area (Å²) in [6.45, 7) is 12.0. The number of aryl methyl sites for hydroxylation is 1. The summed E-state index contributed by atoms with van der Waals surface area (Å²) in [5.41, 5.74) is 3.83. The molecule has 2 aromatic carbocycles. The van der Waals surface area contributed by atoms with Crippen LogP contribution in [0.5, 0.6) is 0 Å². The Hall–Kier alpha value is -2.62. The Morgan fingerprint density at radius 1 is 1.06 bits per heavy atom. The third kappa shape index (κ3) is 5.85. The minimum Gasteiger partial charge on any atom is -0.512 e.